The third kappa shape index (κ3) is 4.24. The zero-order chi connectivity index (χ0) is 9.68. The molecule has 2 unspecified atom stereocenters. The van der Waals surface area contributed by atoms with E-state index in [-0.39, 0.29) is 12.5 Å². The second-order valence-electron chi connectivity index (χ2n) is 3.52. The molecule has 2 N–H and O–H groups in total. The molecule has 0 aromatic carbocycles. The van der Waals surface area contributed by atoms with E-state index < -0.39 is 5.97 Å². The summed E-state index contributed by atoms with van der Waals surface area (Å²) in [4.78, 5) is 10.2. The van der Waals surface area contributed by atoms with Crippen LogP contribution >= 0.6 is 0 Å². The summed E-state index contributed by atoms with van der Waals surface area (Å²) in [6, 6.07) is 0.489. The van der Waals surface area contributed by atoms with Gasteiger partial charge in [0, 0.05) is 6.04 Å². The molecule has 2 atom stereocenters. The quantitative estimate of drug-likeness (QED) is 0.677. The fraction of sp³-hybridized carbons (Fsp3) is 0.889. The fourth-order valence-electron chi connectivity index (χ4n) is 1.55. The molecule has 0 aromatic heterocycles. The van der Waals surface area contributed by atoms with Crippen molar-refractivity contribution in [2.24, 2.45) is 0 Å². The van der Waals surface area contributed by atoms with Crippen molar-refractivity contribution in [1.82, 2.24) is 5.32 Å². The van der Waals surface area contributed by atoms with Gasteiger partial charge in [-0.3, -0.25) is 4.79 Å². The average molecular weight is 187 g/mol. The Balaban J connectivity index is 2.10. The molecule has 1 fully saturated rings. The maximum Gasteiger partial charge on any atom is 0.305 e. The lowest BCUT2D eigenvalue weighted by Crippen LogP contribution is -2.39. The molecular weight excluding hydrogens is 170 g/mol. The number of aliphatic carboxylic acids is 1. The zero-order valence-corrected chi connectivity index (χ0v) is 7.95. The summed E-state index contributed by atoms with van der Waals surface area (Å²) < 4.78 is 5.44. The summed E-state index contributed by atoms with van der Waals surface area (Å²) in [6.45, 7) is 3.43. The Hall–Kier alpha value is -0.610. The van der Waals surface area contributed by atoms with Crippen LogP contribution in [0.25, 0.3) is 0 Å². The van der Waals surface area contributed by atoms with Gasteiger partial charge in [0.15, 0.2) is 0 Å². The Labute approximate surface area is 78.3 Å². The molecule has 76 valence electrons. The largest absolute Gasteiger partial charge is 0.481 e. The molecular formula is C9H17NO3. The lowest BCUT2D eigenvalue weighted by molar-refractivity contribution is -0.138. The van der Waals surface area contributed by atoms with Crippen LogP contribution in [0.3, 0.4) is 0 Å². The van der Waals surface area contributed by atoms with Crippen molar-refractivity contribution < 1.29 is 14.6 Å². The van der Waals surface area contributed by atoms with Gasteiger partial charge in [-0.15, -0.1) is 0 Å². The molecule has 0 radical (unpaired) electrons. The van der Waals surface area contributed by atoms with Gasteiger partial charge in [-0.1, -0.05) is 0 Å². The molecule has 1 aliphatic rings. The zero-order valence-electron chi connectivity index (χ0n) is 7.95. The summed E-state index contributed by atoms with van der Waals surface area (Å²) in [7, 11) is 0. The third-order valence-electron chi connectivity index (χ3n) is 2.25. The van der Waals surface area contributed by atoms with Crippen LogP contribution in [0.2, 0.25) is 0 Å². The molecule has 1 saturated heterocycles. The minimum Gasteiger partial charge on any atom is -0.481 e. The Morgan fingerprint density at radius 3 is 3.08 bits per heavy atom. The van der Waals surface area contributed by atoms with E-state index in [9.17, 15) is 4.79 Å². The molecule has 1 aliphatic heterocycles. The molecule has 0 amide bonds. The van der Waals surface area contributed by atoms with E-state index in [1.54, 1.807) is 0 Å². The van der Waals surface area contributed by atoms with E-state index in [2.05, 4.69) is 12.2 Å². The normalized spacial score (nSPS) is 28.7. The first-order valence-corrected chi connectivity index (χ1v) is 4.75. The van der Waals surface area contributed by atoms with Gasteiger partial charge in [0.2, 0.25) is 0 Å². The smallest absolute Gasteiger partial charge is 0.305 e. The Kier molecular flexibility index (Phi) is 4.18. The van der Waals surface area contributed by atoms with E-state index in [0.717, 1.165) is 19.4 Å². The van der Waals surface area contributed by atoms with Gasteiger partial charge in [0.05, 0.1) is 19.1 Å². The number of hydrogen-bond acceptors (Lipinski definition) is 3. The third-order valence-corrected chi connectivity index (χ3v) is 2.25. The highest BCUT2D eigenvalue weighted by Crippen LogP contribution is 2.11. The Morgan fingerprint density at radius 2 is 2.46 bits per heavy atom. The van der Waals surface area contributed by atoms with Crippen LogP contribution in [0.1, 0.15) is 26.2 Å². The van der Waals surface area contributed by atoms with Crippen molar-refractivity contribution in [3.8, 4) is 0 Å². The van der Waals surface area contributed by atoms with Crippen LogP contribution in [-0.4, -0.2) is 36.4 Å². The van der Waals surface area contributed by atoms with Gasteiger partial charge >= 0.3 is 5.97 Å². The first kappa shape index (κ1) is 10.5. The number of piperidine rings is 1. The van der Waals surface area contributed by atoms with E-state index in [4.69, 9.17) is 9.84 Å². The second kappa shape index (κ2) is 5.19. The van der Waals surface area contributed by atoms with Crippen molar-refractivity contribution in [3.63, 3.8) is 0 Å². The lowest BCUT2D eigenvalue weighted by atomic mass is 10.0. The number of carboxylic acid groups (broad SMARTS) is 1. The van der Waals surface area contributed by atoms with Crippen molar-refractivity contribution in [1.29, 1.82) is 0 Å². The van der Waals surface area contributed by atoms with Crippen LogP contribution in [0.4, 0.5) is 0 Å². The predicted molar refractivity (Wildman–Crippen MR) is 48.7 cm³/mol. The number of carboxylic acids is 1. The molecule has 4 heteroatoms. The summed E-state index contributed by atoms with van der Waals surface area (Å²) in [5, 5.41) is 11.7. The van der Waals surface area contributed by atoms with E-state index in [0.29, 0.717) is 12.6 Å². The van der Waals surface area contributed by atoms with Crippen LogP contribution in [0, 0.1) is 0 Å². The number of hydrogen-bond donors (Lipinski definition) is 2. The number of rotatable bonds is 4. The Bertz CT molecular complexity index is 172. The molecule has 0 aliphatic carbocycles. The first-order chi connectivity index (χ1) is 6.18. The van der Waals surface area contributed by atoms with Crippen molar-refractivity contribution >= 4 is 5.97 Å². The summed E-state index contributed by atoms with van der Waals surface area (Å²) in [5.41, 5.74) is 0. The fourth-order valence-corrected chi connectivity index (χ4v) is 1.55. The summed E-state index contributed by atoms with van der Waals surface area (Å²) in [5.74, 6) is -0.790. The maximum absolute atomic E-state index is 10.2. The van der Waals surface area contributed by atoms with Gasteiger partial charge in [-0.2, -0.15) is 0 Å². The molecule has 13 heavy (non-hydrogen) atoms. The van der Waals surface area contributed by atoms with Crippen molar-refractivity contribution in [3.05, 3.63) is 0 Å². The van der Waals surface area contributed by atoms with Crippen LogP contribution < -0.4 is 5.32 Å². The number of carbonyl (C=O) groups is 1. The Morgan fingerprint density at radius 1 is 1.69 bits per heavy atom. The highest BCUT2D eigenvalue weighted by Gasteiger charge is 2.18. The predicted octanol–water partition coefficient (Wildman–Crippen LogP) is 0.618. The molecule has 0 bridgehead atoms. The monoisotopic (exact) mass is 187 g/mol. The second-order valence-corrected chi connectivity index (χ2v) is 3.52. The van der Waals surface area contributed by atoms with Gasteiger partial charge in [-0.25, -0.2) is 0 Å². The van der Waals surface area contributed by atoms with E-state index in [1.807, 2.05) is 0 Å². The lowest BCUT2D eigenvalue weighted by Gasteiger charge is -2.27. The molecule has 0 saturated carbocycles. The van der Waals surface area contributed by atoms with Crippen molar-refractivity contribution in [2.75, 3.05) is 13.2 Å². The topological polar surface area (TPSA) is 58.6 Å². The van der Waals surface area contributed by atoms with Crippen LogP contribution in [0.5, 0.6) is 0 Å². The van der Waals surface area contributed by atoms with Crippen molar-refractivity contribution in [2.45, 2.75) is 38.3 Å². The van der Waals surface area contributed by atoms with Gasteiger partial charge in [0.25, 0.3) is 0 Å². The van der Waals surface area contributed by atoms with E-state index in [1.165, 1.54) is 0 Å². The first-order valence-electron chi connectivity index (χ1n) is 4.75. The van der Waals surface area contributed by atoms with Crippen LogP contribution in [0.15, 0.2) is 0 Å². The highest BCUT2D eigenvalue weighted by atomic mass is 16.5. The minimum atomic E-state index is -0.790. The number of nitrogens with one attached hydrogen (secondary N) is 1. The molecule has 0 aromatic rings. The molecule has 1 heterocycles. The molecule has 1 rings (SSSR count). The summed E-state index contributed by atoms with van der Waals surface area (Å²) >= 11 is 0. The maximum atomic E-state index is 10.2. The summed E-state index contributed by atoms with van der Waals surface area (Å²) in [6.07, 6.45) is 2.33. The average Bonchev–Trinajstić information content (AvgIpc) is 2.03. The van der Waals surface area contributed by atoms with E-state index >= 15 is 0 Å². The highest BCUT2D eigenvalue weighted by molar-refractivity contribution is 5.66. The number of ether oxygens (including phenoxy) is 1. The molecule has 4 nitrogen and oxygen atoms in total. The van der Waals surface area contributed by atoms with Gasteiger partial charge < -0.3 is 15.2 Å². The van der Waals surface area contributed by atoms with Gasteiger partial charge in [0.1, 0.15) is 0 Å². The van der Waals surface area contributed by atoms with Gasteiger partial charge in [-0.05, 0) is 26.3 Å². The minimum absolute atomic E-state index is 0.109. The SMILES string of the molecule is CC1CC(OCCC(=O)O)CCN1. The standard InChI is InChI=1S/C9H17NO3/c1-7-6-8(2-4-10-7)13-5-3-9(11)12/h7-8,10H,2-6H2,1H3,(H,11,12). The molecule has 0 spiro atoms. The van der Waals surface area contributed by atoms with Crippen LogP contribution in [-0.2, 0) is 9.53 Å².